The number of benzene rings is 1. The van der Waals surface area contributed by atoms with E-state index in [1.807, 2.05) is 13.8 Å². The van der Waals surface area contributed by atoms with Crippen LogP contribution in [0.15, 0.2) is 47.5 Å². The van der Waals surface area contributed by atoms with Crippen molar-refractivity contribution in [1.82, 2.24) is 19.7 Å². The van der Waals surface area contributed by atoms with E-state index >= 15 is 0 Å². The molecule has 0 unspecified atom stereocenters. The van der Waals surface area contributed by atoms with Gasteiger partial charge in [0.1, 0.15) is 11.6 Å². The first-order valence-corrected chi connectivity index (χ1v) is 9.61. The monoisotopic (exact) mass is 424 g/mol. The topological polar surface area (TPSA) is 174 Å². The lowest BCUT2D eigenvalue weighted by molar-refractivity contribution is -0.119. The summed E-state index contributed by atoms with van der Waals surface area (Å²) in [4.78, 5) is 42.7. The molecule has 2 aromatic heterocycles. The summed E-state index contributed by atoms with van der Waals surface area (Å²) in [5, 5.41) is 9.91. The van der Waals surface area contributed by atoms with Gasteiger partial charge in [0.15, 0.2) is 5.82 Å². The number of hydrogen-bond donors (Lipinski definition) is 5. The highest BCUT2D eigenvalue weighted by Crippen LogP contribution is 2.20. The summed E-state index contributed by atoms with van der Waals surface area (Å²) in [6, 6.07) is 8.14. The van der Waals surface area contributed by atoms with Crippen LogP contribution in [-0.4, -0.2) is 37.6 Å². The fraction of sp³-hybridized carbons (Fsp3) is 0.250. The number of carbonyl (C=O) groups excluding carboxylic acids is 2. The van der Waals surface area contributed by atoms with Gasteiger partial charge in [0, 0.05) is 18.1 Å². The van der Waals surface area contributed by atoms with Crippen molar-refractivity contribution >= 4 is 29.3 Å². The van der Waals surface area contributed by atoms with Crippen LogP contribution in [0.1, 0.15) is 30.6 Å². The minimum atomic E-state index is -0.940. The van der Waals surface area contributed by atoms with Gasteiger partial charge < -0.3 is 22.1 Å². The quantitative estimate of drug-likeness (QED) is 0.342. The second-order valence-corrected chi connectivity index (χ2v) is 7.35. The van der Waals surface area contributed by atoms with Crippen LogP contribution < -0.4 is 27.7 Å². The third-order valence-corrected chi connectivity index (χ3v) is 4.43. The Labute approximate surface area is 177 Å². The predicted molar refractivity (Wildman–Crippen MR) is 116 cm³/mol. The van der Waals surface area contributed by atoms with Crippen LogP contribution in [-0.2, 0) is 4.79 Å². The standard InChI is InChI=1S/C20H24N8O3/c1-11(2)10-14(16(21)29)25-20-26-18(15(17(22)30)19(31)27-20)24-12-4-6-13(7-5-12)28-9-3-8-23-28/h3-9,11,14H,10H2,1-2H3,(H2,21,29)(H2,22,30)(H3,24,25,26,27,31)/t14-/m1/s1. The maximum absolute atomic E-state index is 12.5. The highest BCUT2D eigenvalue weighted by molar-refractivity contribution is 5.98. The molecule has 31 heavy (non-hydrogen) atoms. The van der Waals surface area contributed by atoms with Crippen molar-refractivity contribution in [3.63, 3.8) is 0 Å². The van der Waals surface area contributed by atoms with Crippen LogP contribution in [0.5, 0.6) is 0 Å². The molecule has 162 valence electrons. The number of nitrogens with two attached hydrogens (primary N) is 2. The number of anilines is 3. The van der Waals surface area contributed by atoms with Gasteiger partial charge in [-0.3, -0.25) is 19.4 Å². The third kappa shape index (κ3) is 5.26. The number of aromatic nitrogens is 4. The Kier molecular flexibility index (Phi) is 6.34. The Bertz CT molecular complexity index is 1120. The number of rotatable bonds is 9. The Balaban J connectivity index is 1.91. The molecule has 11 heteroatoms. The molecule has 0 fully saturated rings. The van der Waals surface area contributed by atoms with Crippen LogP contribution >= 0.6 is 0 Å². The SMILES string of the molecule is CC(C)C[C@@H](Nc1nc(Nc2ccc(-n3cccn3)cc2)c(C(N)=O)c(=O)[nH]1)C(N)=O. The van der Waals surface area contributed by atoms with Gasteiger partial charge in [-0.2, -0.15) is 10.1 Å². The van der Waals surface area contributed by atoms with Crippen molar-refractivity contribution in [2.24, 2.45) is 17.4 Å². The highest BCUT2D eigenvalue weighted by atomic mass is 16.2. The zero-order valence-electron chi connectivity index (χ0n) is 17.1. The van der Waals surface area contributed by atoms with Crippen molar-refractivity contribution in [3.8, 4) is 5.69 Å². The molecule has 3 rings (SSSR count). The third-order valence-electron chi connectivity index (χ3n) is 4.43. The predicted octanol–water partition coefficient (Wildman–Crippen LogP) is 1.11. The summed E-state index contributed by atoms with van der Waals surface area (Å²) < 4.78 is 1.69. The number of hydrogen-bond acceptors (Lipinski definition) is 7. The van der Waals surface area contributed by atoms with E-state index in [0.717, 1.165) is 5.69 Å². The van der Waals surface area contributed by atoms with Crippen molar-refractivity contribution in [2.75, 3.05) is 10.6 Å². The number of amides is 2. The number of nitrogens with zero attached hydrogens (tertiary/aromatic N) is 3. The number of aromatic amines is 1. The smallest absolute Gasteiger partial charge is 0.267 e. The second kappa shape index (κ2) is 9.11. The molecule has 1 aromatic carbocycles. The molecule has 1 atom stereocenters. The summed E-state index contributed by atoms with van der Waals surface area (Å²) in [7, 11) is 0. The van der Waals surface area contributed by atoms with E-state index in [9.17, 15) is 14.4 Å². The van der Waals surface area contributed by atoms with Gasteiger partial charge in [0.25, 0.3) is 11.5 Å². The van der Waals surface area contributed by atoms with E-state index in [1.54, 1.807) is 47.4 Å². The van der Waals surface area contributed by atoms with E-state index in [1.165, 1.54) is 0 Å². The van der Waals surface area contributed by atoms with Crippen LogP contribution in [0.25, 0.3) is 5.69 Å². The molecule has 7 N–H and O–H groups in total. The minimum absolute atomic E-state index is 0.00453. The summed E-state index contributed by atoms with van der Waals surface area (Å²) in [6.07, 6.45) is 3.91. The maximum Gasteiger partial charge on any atom is 0.267 e. The van der Waals surface area contributed by atoms with Gasteiger partial charge in [0.05, 0.1) is 5.69 Å². The van der Waals surface area contributed by atoms with Crippen LogP contribution in [0.2, 0.25) is 0 Å². The fourth-order valence-electron chi connectivity index (χ4n) is 3.00. The molecule has 11 nitrogen and oxygen atoms in total. The van der Waals surface area contributed by atoms with Crippen molar-refractivity contribution < 1.29 is 9.59 Å². The summed E-state index contributed by atoms with van der Waals surface area (Å²) in [5.74, 6) is -1.40. The highest BCUT2D eigenvalue weighted by Gasteiger charge is 2.21. The Hall–Kier alpha value is -4.15. The average molecular weight is 424 g/mol. The first-order chi connectivity index (χ1) is 14.7. The summed E-state index contributed by atoms with van der Waals surface area (Å²) in [6.45, 7) is 3.87. The molecule has 3 aromatic rings. The molecule has 0 radical (unpaired) electrons. The molecule has 0 saturated carbocycles. The van der Waals surface area contributed by atoms with Crippen molar-refractivity contribution in [1.29, 1.82) is 0 Å². The first-order valence-electron chi connectivity index (χ1n) is 9.61. The molecular weight excluding hydrogens is 400 g/mol. The van der Waals surface area contributed by atoms with Crippen molar-refractivity contribution in [3.05, 3.63) is 58.6 Å². The molecule has 0 aliphatic rings. The summed E-state index contributed by atoms with van der Waals surface area (Å²) >= 11 is 0. The number of primary amides is 2. The number of H-pyrrole nitrogens is 1. The lowest BCUT2D eigenvalue weighted by Gasteiger charge is -2.18. The number of nitrogens with one attached hydrogen (secondary N) is 3. The first kappa shape index (κ1) is 21.6. The molecule has 2 heterocycles. The molecule has 0 aliphatic carbocycles. The molecule has 0 saturated heterocycles. The zero-order valence-corrected chi connectivity index (χ0v) is 17.1. The van der Waals surface area contributed by atoms with E-state index in [-0.39, 0.29) is 23.2 Å². The van der Waals surface area contributed by atoms with Gasteiger partial charge >= 0.3 is 0 Å². The number of carbonyl (C=O) groups is 2. The zero-order chi connectivity index (χ0) is 22.5. The lowest BCUT2D eigenvalue weighted by Crippen LogP contribution is -2.38. The normalized spacial score (nSPS) is 11.8. The van der Waals surface area contributed by atoms with E-state index in [0.29, 0.717) is 12.1 Å². The van der Waals surface area contributed by atoms with Gasteiger partial charge in [-0.15, -0.1) is 0 Å². The molecule has 0 aliphatic heterocycles. The van der Waals surface area contributed by atoms with Crippen LogP contribution in [0, 0.1) is 5.92 Å². The fourth-order valence-corrected chi connectivity index (χ4v) is 3.00. The van der Waals surface area contributed by atoms with E-state index in [4.69, 9.17) is 11.5 Å². The Morgan fingerprint density at radius 3 is 2.45 bits per heavy atom. The van der Waals surface area contributed by atoms with Gasteiger partial charge in [-0.1, -0.05) is 13.8 Å². The Morgan fingerprint density at radius 2 is 1.90 bits per heavy atom. The van der Waals surface area contributed by atoms with Gasteiger partial charge in [-0.25, -0.2) is 4.68 Å². The largest absolute Gasteiger partial charge is 0.368 e. The minimum Gasteiger partial charge on any atom is -0.368 e. The van der Waals surface area contributed by atoms with Crippen LogP contribution in [0.4, 0.5) is 17.5 Å². The molecule has 0 bridgehead atoms. The maximum atomic E-state index is 12.5. The molecule has 0 spiro atoms. The van der Waals surface area contributed by atoms with E-state index in [2.05, 4.69) is 25.7 Å². The Morgan fingerprint density at radius 1 is 1.19 bits per heavy atom. The second-order valence-electron chi connectivity index (χ2n) is 7.35. The van der Waals surface area contributed by atoms with E-state index < -0.39 is 23.4 Å². The molecular formula is C20H24N8O3. The summed E-state index contributed by atoms with van der Waals surface area (Å²) in [5.41, 5.74) is 11.1. The lowest BCUT2D eigenvalue weighted by atomic mass is 10.0. The average Bonchev–Trinajstić information content (AvgIpc) is 3.22. The molecule has 2 amide bonds. The van der Waals surface area contributed by atoms with Gasteiger partial charge in [-0.05, 0) is 42.7 Å². The van der Waals surface area contributed by atoms with Crippen molar-refractivity contribution in [2.45, 2.75) is 26.3 Å². The van der Waals surface area contributed by atoms with Crippen LogP contribution in [0.3, 0.4) is 0 Å². The van der Waals surface area contributed by atoms with Gasteiger partial charge in [0.2, 0.25) is 11.9 Å².